The van der Waals surface area contributed by atoms with Crippen LogP contribution in [0.15, 0.2) is 42.9 Å². The summed E-state index contributed by atoms with van der Waals surface area (Å²) >= 11 is 0. The lowest BCUT2D eigenvalue weighted by molar-refractivity contribution is 0.281. The number of imidazole rings is 1. The Balaban J connectivity index is 1.99. The van der Waals surface area contributed by atoms with Crippen LogP contribution in [0, 0.1) is 0 Å². The highest BCUT2D eigenvalue weighted by Gasteiger charge is 2.10. The zero-order valence-corrected chi connectivity index (χ0v) is 11.7. The molecule has 0 aliphatic heterocycles. The number of hydrogen-bond donors (Lipinski definition) is 2. The van der Waals surface area contributed by atoms with Crippen molar-refractivity contribution < 1.29 is 9.84 Å². The van der Waals surface area contributed by atoms with Crippen molar-refractivity contribution in [2.24, 2.45) is 0 Å². The highest BCUT2D eigenvalue weighted by atomic mass is 16.5. The maximum atomic E-state index is 9.18. The van der Waals surface area contributed by atoms with E-state index in [1.54, 1.807) is 12.3 Å². The highest BCUT2D eigenvalue weighted by molar-refractivity contribution is 5.55. The van der Waals surface area contributed by atoms with Gasteiger partial charge in [-0.1, -0.05) is 12.1 Å². The van der Waals surface area contributed by atoms with Crippen molar-refractivity contribution in [1.82, 2.24) is 14.4 Å². The Hall–Kier alpha value is -2.60. The molecule has 6 nitrogen and oxygen atoms in total. The Bertz CT molecular complexity index is 754. The van der Waals surface area contributed by atoms with E-state index in [2.05, 4.69) is 15.3 Å². The van der Waals surface area contributed by atoms with E-state index in [-0.39, 0.29) is 6.61 Å². The van der Waals surface area contributed by atoms with E-state index < -0.39 is 0 Å². The smallest absolute Gasteiger partial charge is 0.265 e. The van der Waals surface area contributed by atoms with Crippen LogP contribution in [0.3, 0.4) is 0 Å². The van der Waals surface area contributed by atoms with Crippen molar-refractivity contribution in [2.75, 3.05) is 11.9 Å². The van der Waals surface area contributed by atoms with Crippen LogP contribution in [0.1, 0.15) is 12.5 Å². The van der Waals surface area contributed by atoms with Crippen LogP contribution < -0.4 is 10.1 Å². The molecule has 0 bridgehead atoms. The molecule has 2 N–H and O–H groups in total. The number of anilines is 1. The van der Waals surface area contributed by atoms with E-state index in [1.165, 1.54) is 0 Å². The van der Waals surface area contributed by atoms with Crippen molar-refractivity contribution in [3.63, 3.8) is 0 Å². The number of fused-ring (bicyclic) bond motifs is 1. The van der Waals surface area contributed by atoms with Gasteiger partial charge in [0.1, 0.15) is 11.6 Å². The Labute approximate surface area is 122 Å². The van der Waals surface area contributed by atoms with E-state index in [9.17, 15) is 5.11 Å². The number of ether oxygens (including phenoxy) is 1. The normalized spacial score (nSPS) is 10.8. The molecule has 0 fully saturated rings. The van der Waals surface area contributed by atoms with Gasteiger partial charge in [-0.25, -0.2) is 4.98 Å². The number of benzene rings is 1. The molecule has 0 saturated carbocycles. The predicted molar refractivity (Wildman–Crippen MR) is 79.6 cm³/mol. The van der Waals surface area contributed by atoms with Gasteiger partial charge in [0.2, 0.25) is 5.65 Å². The lowest BCUT2D eigenvalue weighted by atomic mass is 10.2. The van der Waals surface area contributed by atoms with Crippen LogP contribution in [0.25, 0.3) is 5.65 Å². The van der Waals surface area contributed by atoms with Crippen LogP contribution in [-0.4, -0.2) is 26.0 Å². The molecule has 3 rings (SSSR count). The van der Waals surface area contributed by atoms with Crippen molar-refractivity contribution in [3.8, 4) is 11.6 Å². The second-order valence-corrected chi connectivity index (χ2v) is 4.53. The summed E-state index contributed by atoms with van der Waals surface area (Å²) in [6, 6.07) is 7.26. The van der Waals surface area contributed by atoms with Gasteiger partial charge in [-0.15, -0.1) is 0 Å². The van der Waals surface area contributed by atoms with Crippen LogP contribution >= 0.6 is 0 Å². The number of aliphatic hydroxyl groups excluding tert-OH is 1. The van der Waals surface area contributed by atoms with E-state index in [0.29, 0.717) is 17.3 Å². The molecule has 0 unspecified atom stereocenters. The third-order valence-corrected chi connectivity index (χ3v) is 3.00. The number of rotatable bonds is 5. The Morgan fingerprint density at radius 3 is 3.10 bits per heavy atom. The molecule has 0 radical (unpaired) electrons. The summed E-state index contributed by atoms with van der Waals surface area (Å²) in [7, 11) is 0. The molecule has 2 heterocycles. The Morgan fingerprint density at radius 2 is 2.29 bits per heavy atom. The molecule has 0 saturated heterocycles. The molecular formula is C15H16N4O2. The fourth-order valence-electron chi connectivity index (χ4n) is 2.06. The molecule has 108 valence electrons. The molecule has 1 aromatic carbocycles. The fourth-order valence-corrected chi connectivity index (χ4v) is 2.06. The molecule has 0 aliphatic carbocycles. The Kier molecular flexibility index (Phi) is 3.70. The zero-order chi connectivity index (χ0) is 14.7. The lowest BCUT2D eigenvalue weighted by Crippen LogP contribution is -2.03. The average molecular weight is 284 g/mol. The van der Waals surface area contributed by atoms with Gasteiger partial charge in [-0.3, -0.25) is 4.40 Å². The standard InChI is InChI=1S/C15H16N4O2/c1-2-16-13-9-19-7-6-17-14(19)15(18-13)21-12-5-3-4-11(8-12)10-20/h3-9,16,20H,2,10H2,1H3. The zero-order valence-electron chi connectivity index (χ0n) is 11.7. The molecule has 3 aromatic rings. The third kappa shape index (κ3) is 2.80. The van der Waals surface area contributed by atoms with Gasteiger partial charge in [0.15, 0.2) is 0 Å². The van der Waals surface area contributed by atoms with Crippen molar-refractivity contribution in [2.45, 2.75) is 13.5 Å². The monoisotopic (exact) mass is 284 g/mol. The fraction of sp³-hybridized carbons (Fsp3) is 0.200. The quantitative estimate of drug-likeness (QED) is 0.753. The molecular weight excluding hydrogens is 268 g/mol. The summed E-state index contributed by atoms with van der Waals surface area (Å²) in [6.07, 6.45) is 5.40. The minimum absolute atomic E-state index is 0.0269. The highest BCUT2D eigenvalue weighted by Crippen LogP contribution is 2.25. The summed E-state index contributed by atoms with van der Waals surface area (Å²) in [6.45, 7) is 2.75. The van der Waals surface area contributed by atoms with E-state index in [1.807, 2.05) is 41.9 Å². The summed E-state index contributed by atoms with van der Waals surface area (Å²) < 4.78 is 7.69. The second-order valence-electron chi connectivity index (χ2n) is 4.53. The molecule has 6 heteroatoms. The maximum Gasteiger partial charge on any atom is 0.265 e. The first-order valence-corrected chi connectivity index (χ1v) is 6.75. The largest absolute Gasteiger partial charge is 0.436 e. The predicted octanol–water partition coefficient (Wildman–Crippen LogP) is 2.45. The Morgan fingerprint density at radius 1 is 1.38 bits per heavy atom. The summed E-state index contributed by atoms with van der Waals surface area (Å²) in [5, 5.41) is 12.3. The summed E-state index contributed by atoms with van der Waals surface area (Å²) in [5.41, 5.74) is 1.43. The summed E-state index contributed by atoms with van der Waals surface area (Å²) in [5.74, 6) is 1.76. The molecule has 0 aliphatic rings. The minimum atomic E-state index is -0.0269. The number of nitrogens with zero attached hydrogens (tertiary/aromatic N) is 3. The van der Waals surface area contributed by atoms with E-state index >= 15 is 0 Å². The van der Waals surface area contributed by atoms with Gasteiger partial charge in [0.05, 0.1) is 12.8 Å². The minimum Gasteiger partial charge on any atom is -0.436 e. The second kappa shape index (κ2) is 5.80. The van der Waals surface area contributed by atoms with Crippen molar-refractivity contribution in [3.05, 3.63) is 48.4 Å². The van der Waals surface area contributed by atoms with Gasteiger partial charge < -0.3 is 15.2 Å². The van der Waals surface area contributed by atoms with Gasteiger partial charge in [-0.2, -0.15) is 4.98 Å². The molecule has 0 amide bonds. The number of aromatic nitrogens is 3. The van der Waals surface area contributed by atoms with Gasteiger partial charge >= 0.3 is 0 Å². The average Bonchev–Trinajstić information content (AvgIpc) is 2.96. The van der Waals surface area contributed by atoms with Crippen LogP contribution in [0.4, 0.5) is 5.82 Å². The van der Waals surface area contributed by atoms with Crippen molar-refractivity contribution in [1.29, 1.82) is 0 Å². The number of aliphatic hydroxyl groups is 1. The molecule has 21 heavy (non-hydrogen) atoms. The first-order valence-electron chi connectivity index (χ1n) is 6.75. The molecule has 2 aromatic heterocycles. The third-order valence-electron chi connectivity index (χ3n) is 3.00. The number of nitrogens with one attached hydrogen (secondary N) is 1. The van der Waals surface area contributed by atoms with Crippen LogP contribution in [0.2, 0.25) is 0 Å². The van der Waals surface area contributed by atoms with E-state index in [4.69, 9.17) is 4.74 Å². The van der Waals surface area contributed by atoms with Gasteiger partial charge in [0.25, 0.3) is 5.88 Å². The van der Waals surface area contributed by atoms with Gasteiger partial charge in [-0.05, 0) is 24.6 Å². The molecule has 0 atom stereocenters. The van der Waals surface area contributed by atoms with Crippen LogP contribution in [0.5, 0.6) is 11.6 Å². The number of hydrogen-bond acceptors (Lipinski definition) is 5. The van der Waals surface area contributed by atoms with E-state index in [0.717, 1.165) is 17.9 Å². The SMILES string of the molecule is CCNc1cn2ccnc2c(Oc2cccc(CO)c2)n1. The molecule has 0 spiro atoms. The van der Waals surface area contributed by atoms with Gasteiger partial charge in [0, 0.05) is 18.9 Å². The summed E-state index contributed by atoms with van der Waals surface area (Å²) in [4.78, 5) is 8.69. The topological polar surface area (TPSA) is 71.7 Å². The lowest BCUT2D eigenvalue weighted by Gasteiger charge is -2.10. The van der Waals surface area contributed by atoms with Crippen LogP contribution in [-0.2, 0) is 6.61 Å². The van der Waals surface area contributed by atoms with Crippen molar-refractivity contribution >= 4 is 11.5 Å². The first kappa shape index (κ1) is 13.4. The first-order chi connectivity index (χ1) is 10.3. The maximum absolute atomic E-state index is 9.18.